The average Bonchev–Trinajstić information content (AvgIpc) is 3.16. The van der Waals surface area contributed by atoms with Gasteiger partial charge in [-0.15, -0.1) is 0 Å². The van der Waals surface area contributed by atoms with Gasteiger partial charge in [0.1, 0.15) is 0 Å². The van der Waals surface area contributed by atoms with Gasteiger partial charge >= 0.3 is 0 Å². The highest BCUT2D eigenvalue weighted by atomic mass is 79.9. The predicted octanol–water partition coefficient (Wildman–Crippen LogP) is 2.25. The highest BCUT2D eigenvalue weighted by Gasteiger charge is 2.16. The number of halogens is 1. The largest absolute Gasteiger partial charge is 0.444 e. The molecule has 8 heteroatoms. The predicted molar refractivity (Wildman–Crippen MR) is 92.5 cm³/mol. The van der Waals surface area contributed by atoms with Crippen LogP contribution in [0.4, 0.5) is 0 Å². The van der Waals surface area contributed by atoms with Gasteiger partial charge in [-0.3, -0.25) is 9.59 Å². The summed E-state index contributed by atoms with van der Waals surface area (Å²) in [5.74, 6) is -0.506. The van der Waals surface area contributed by atoms with Gasteiger partial charge in [0, 0.05) is 6.54 Å². The zero-order valence-electron chi connectivity index (χ0n) is 12.8. The molecule has 0 aromatic carbocycles. The normalized spacial score (nSPS) is 12.2. The maximum Gasteiger partial charge on any atom is 0.287 e. The van der Waals surface area contributed by atoms with Gasteiger partial charge in [-0.1, -0.05) is 0 Å². The fraction of sp³-hybridized carbons (Fsp3) is 0.333. The molecule has 6 nitrogen and oxygen atoms in total. The SMILES string of the molecule is CN(C)C(CNC(=O)CNC(=O)c1ccc(Br)o1)c1ccsc1. The molecule has 0 saturated heterocycles. The quantitative estimate of drug-likeness (QED) is 0.748. The third-order valence-electron chi connectivity index (χ3n) is 3.25. The van der Waals surface area contributed by atoms with E-state index in [1.165, 1.54) is 6.07 Å². The van der Waals surface area contributed by atoms with Crippen molar-refractivity contribution in [2.75, 3.05) is 27.2 Å². The van der Waals surface area contributed by atoms with Crippen molar-refractivity contribution >= 4 is 39.1 Å². The minimum Gasteiger partial charge on any atom is -0.444 e. The number of hydrogen-bond donors (Lipinski definition) is 2. The van der Waals surface area contributed by atoms with Gasteiger partial charge in [0.05, 0.1) is 12.6 Å². The summed E-state index contributed by atoms with van der Waals surface area (Å²) >= 11 is 4.75. The Hall–Kier alpha value is -1.64. The van der Waals surface area contributed by atoms with Gasteiger partial charge in [0.15, 0.2) is 10.4 Å². The van der Waals surface area contributed by atoms with Crippen LogP contribution in [0.1, 0.15) is 22.2 Å². The zero-order valence-corrected chi connectivity index (χ0v) is 15.2. The maximum absolute atomic E-state index is 11.9. The molecule has 2 amide bonds. The number of nitrogens with one attached hydrogen (secondary N) is 2. The first kappa shape index (κ1) is 17.7. The van der Waals surface area contributed by atoms with Gasteiger partial charge in [-0.05, 0) is 64.5 Å². The number of hydrogen-bond acceptors (Lipinski definition) is 5. The Morgan fingerprint density at radius 3 is 2.65 bits per heavy atom. The van der Waals surface area contributed by atoms with E-state index >= 15 is 0 Å². The van der Waals surface area contributed by atoms with Crippen molar-refractivity contribution in [3.8, 4) is 0 Å². The summed E-state index contributed by atoms with van der Waals surface area (Å²) < 4.78 is 5.59. The molecule has 2 rings (SSSR count). The molecule has 0 bridgehead atoms. The smallest absolute Gasteiger partial charge is 0.287 e. The molecule has 23 heavy (non-hydrogen) atoms. The first-order valence-electron chi connectivity index (χ1n) is 6.96. The fourth-order valence-electron chi connectivity index (χ4n) is 2.02. The Kier molecular flexibility index (Phi) is 6.37. The van der Waals surface area contributed by atoms with Crippen molar-refractivity contribution < 1.29 is 14.0 Å². The van der Waals surface area contributed by atoms with Gasteiger partial charge in [0.25, 0.3) is 5.91 Å². The first-order valence-corrected chi connectivity index (χ1v) is 8.69. The number of thiophene rings is 1. The number of nitrogens with zero attached hydrogens (tertiary/aromatic N) is 1. The molecule has 2 aromatic rings. The second-order valence-corrected chi connectivity index (χ2v) is 6.69. The van der Waals surface area contributed by atoms with Crippen LogP contribution in [-0.4, -0.2) is 43.9 Å². The van der Waals surface area contributed by atoms with Crippen molar-refractivity contribution in [2.45, 2.75) is 6.04 Å². The summed E-state index contributed by atoms with van der Waals surface area (Å²) in [4.78, 5) is 25.7. The zero-order chi connectivity index (χ0) is 16.8. The molecule has 0 aliphatic rings. The Bertz CT molecular complexity index is 655. The van der Waals surface area contributed by atoms with Gasteiger partial charge in [0.2, 0.25) is 5.91 Å². The summed E-state index contributed by atoms with van der Waals surface area (Å²) in [5.41, 5.74) is 1.16. The van der Waals surface area contributed by atoms with Crippen LogP contribution in [0.5, 0.6) is 0 Å². The van der Waals surface area contributed by atoms with E-state index in [9.17, 15) is 9.59 Å². The van der Waals surface area contributed by atoms with E-state index < -0.39 is 5.91 Å². The van der Waals surface area contributed by atoms with Crippen LogP contribution in [0.25, 0.3) is 0 Å². The lowest BCUT2D eigenvalue weighted by Crippen LogP contribution is -2.40. The molecule has 2 N–H and O–H groups in total. The Morgan fingerprint density at radius 2 is 2.09 bits per heavy atom. The number of carbonyl (C=O) groups excluding carboxylic acids is 2. The standard InChI is InChI=1S/C15H18BrN3O3S/c1-19(2)11(10-5-6-23-9-10)7-17-14(20)8-18-15(21)12-3-4-13(16)22-12/h3-6,9,11H,7-8H2,1-2H3,(H,17,20)(H,18,21). The lowest BCUT2D eigenvalue weighted by molar-refractivity contribution is -0.120. The number of amides is 2. The van der Waals surface area contributed by atoms with Crippen LogP contribution in [0, 0.1) is 0 Å². The molecule has 2 aromatic heterocycles. The van der Waals surface area contributed by atoms with E-state index in [0.29, 0.717) is 11.2 Å². The minimum atomic E-state index is -0.423. The lowest BCUT2D eigenvalue weighted by atomic mass is 10.1. The van der Waals surface area contributed by atoms with Crippen LogP contribution in [0.2, 0.25) is 0 Å². The van der Waals surface area contributed by atoms with Gasteiger partial charge < -0.3 is 20.0 Å². The van der Waals surface area contributed by atoms with Crippen molar-refractivity contribution in [1.82, 2.24) is 15.5 Å². The number of likely N-dealkylation sites (N-methyl/N-ethyl adjacent to an activating group) is 1. The second kappa shape index (κ2) is 8.28. The molecular weight excluding hydrogens is 382 g/mol. The summed E-state index contributed by atoms with van der Waals surface area (Å²) in [5, 5.41) is 9.43. The Labute approximate surface area is 147 Å². The molecule has 2 heterocycles. The van der Waals surface area contributed by atoms with E-state index in [2.05, 4.69) is 31.9 Å². The van der Waals surface area contributed by atoms with E-state index in [1.54, 1.807) is 17.4 Å². The first-order chi connectivity index (χ1) is 11.0. The van der Waals surface area contributed by atoms with E-state index in [-0.39, 0.29) is 24.3 Å². The average molecular weight is 400 g/mol. The highest BCUT2D eigenvalue weighted by molar-refractivity contribution is 9.10. The number of carbonyl (C=O) groups is 2. The summed E-state index contributed by atoms with van der Waals surface area (Å²) in [6.45, 7) is 0.381. The molecule has 0 aliphatic carbocycles. The van der Waals surface area contributed by atoms with E-state index in [1.807, 2.05) is 30.4 Å². The van der Waals surface area contributed by atoms with E-state index in [0.717, 1.165) is 5.56 Å². The molecule has 0 radical (unpaired) electrons. The van der Waals surface area contributed by atoms with Crippen LogP contribution in [0.15, 0.2) is 38.0 Å². The van der Waals surface area contributed by atoms with Crippen LogP contribution < -0.4 is 10.6 Å². The minimum absolute atomic E-state index is 0.0963. The molecule has 124 valence electrons. The van der Waals surface area contributed by atoms with Gasteiger partial charge in [-0.25, -0.2) is 0 Å². The third kappa shape index (κ3) is 5.19. The maximum atomic E-state index is 11.9. The Morgan fingerprint density at radius 1 is 1.30 bits per heavy atom. The van der Waals surface area contributed by atoms with E-state index in [4.69, 9.17) is 4.42 Å². The van der Waals surface area contributed by atoms with Crippen molar-refractivity contribution in [1.29, 1.82) is 0 Å². The molecule has 0 spiro atoms. The Balaban J connectivity index is 1.79. The van der Waals surface area contributed by atoms with Crippen LogP contribution in [-0.2, 0) is 4.79 Å². The second-order valence-electron chi connectivity index (χ2n) is 5.13. The lowest BCUT2D eigenvalue weighted by Gasteiger charge is -2.24. The third-order valence-corrected chi connectivity index (χ3v) is 4.38. The summed E-state index contributed by atoms with van der Waals surface area (Å²) in [7, 11) is 3.93. The van der Waals surface area contributed by atoms with Crippen molar-refractivity contribution in [3.05, 3.63) is 45.0 Å². The van der Waals surface area contributed by atoms with Crippen molar-refractivity contribution in [2.24, 2.45) is 0 Å². The molecular formula is C15H18BrN3O3S. The topological polar surface area (TPSA) is 74.6 Å². The van der Waals surface area contributed by atoms with Crippen LogP contribution in [0.3, 0.4) is 0 Å². The molecule has 1 atom stereocenters. The fourth-order valence-corrected chi connectivity index (χ4v) is 3.03. The molecule has 0 aliphatic heterocycles. The summed E-state index contributed by atoms with van der Waals surface area (Å²) in [6, 6.07) is 5.30. The number of furan rings is 1. The number of rotatable bonds is 7. The van der Waals surface area contributed by atoms with Crippen molar-refractivity contribution in [3.63, 3.8) is 0 Å². The summed E-state index contributed by atoms with van der Waals surface area (Å²) in [6.07, 6.45) is 0. The molecule has 1 unspecified atom stereocenters. The van der Waals surface area contributed by atoms with Gasteiger partial charge in [-0.2, -0.15) is 11.3 Å². The van der Waals surface area contributed by atoms with Crippen LogP contribution >= 0.6 is 27.3 Å². The molecule has 0 fully saturated rings. The highest BCUT2D eigenvalue weighted by Crippen LogP contribution is 2.19. The monoisotopic (exact) mass is 399 g/mol. The molecule has 0 saturated carbocycles.